The van der Waals surface area contributed by atoms with Crippen LogP contribution in [-0.2, 0) is 18.3 Å². The number of nitrogens with zero attached hydrogens (tertiary/aromatic N) is 4. The highest BCUT2D eigenvalue weighted by Crippen LogP contribution is 2.15. The van der Waals surface area contributed by atoms with Gasteiger partial charge in [0.05, 0.1) is 18.4 Å². The van der Waals surface area contributed by atoms with Crippen LogP contribution in [-0.4, -0.2) is 51.0 Å². The average Bonchev–Trinajstić information content (AvgIpc) is 2.74. The maximum Gasteiger partial charge on any atom is 0.0967 e. The summed E-state index contributed by atoms with van der Waals surface area (Å²) in [6.45, 7) is 3.89. The van der Waals surface area contributed by atoms with E-state index in [1.54, 1.807) is 4.68 Å². The van der Waals surface area contributed by atoms with E-state index >= 15 is 0 Å². The van der Waals surface area contributed by atoms with E-state index in [0.29, 0.717) is 6.10 Å². The monoisotopic (exact) mass is 302 g/mol. The molecule has 6 heteroatoms. The first-order valence-electron chi connectivity index (χ1n) is 6.03. The maximum atomic E-state index is 5.73. The van der Waals surface area contributed by atoms with Crippen molar-refractivity contribution in [1.29, 1.82) is 0 Å². The average molecular weight is 303 g/mol. The van der Waals surface area contributed by atoms with E-state index in [1.165, 1.54) is 0 Å². The molecule has 0 bridgehead atoms. The van der Waals surface area contributed by atoms with Crippen LogP contribution in [0, 0.1) is 0 Å². The molecule has 0 aliphatic carbocycles. The van der Waals surface area contributed by atoms with E-state index < -0.39 is 0 Å². The molecule has 1 aromatic heterocycles. The Morgan fingerprint density at radius 1 is 1.47 bits per heavy atom. The molecule has 0 amide bonds. The van der Waals surface area contributed by atoms with Crippen molar-refractivity contribution < 1.29 is 4.74 Å². The van der Waals surface area contributed by atoms with Gasteiger partial charge in [-0.05, 0) is 12.8 Å². The molecule has 17 heavy (non-hydrogen) atoms. The summed E-state index contributed by atoms with van der Waals surface area (Å²) in [6.07, 6.45) is 4.65. The highest BCUT2D eigenvalue weighted by molar-refractivity contribution is 9.09. The third-order valence-electron chi connectivity index (χ3n) is 3.00. The lowest BCUT2D eigenvalue weighted by atomic mass is 10.1. The summed E-state index contributed by atoms with van der Waals surface area (Å²) in [5.74, 6) is 0. The van der Waals surface area contributed by atoms with Gasteiger partial charge in [0, 0.05) is 38.2 Å². The molecule has 0 unspecified atom stereocenters. The lowest BCUT2D eigenvalue weighted by Crippen LogP contribution is -2.36. The van der Waals surface area contributed by atoms with E-state index in [1.807, 2.05) is 13.2 Å². The molecule has 1 fully saturated rings. The first-order chi connectivity index (χ1) is 8.28. The second kappa shape index (κ2) is 6.47. The number of likely N-dealkylation sites (tertiary alicyclic amines) is 1. The minimum absolute atomic E-state index is 0.436. The van der Waals surface area contributed by atoms with Crippen molar-refractivity contribution >= 4 is 15.9 Å². The molecule has 0 saturated carbocycles. The number of rotatable bonds is 5. The zero-order valence-electron chi connectivity index (χ0n) is 10.2. The summed E-state index contributed by atoms with van der Waals surface area (Å²) in [4.78, 5) is 2.41. The second-order valence-corrected chi connectivity index (χ2v) is 5.21. The maximum absolute atomic E-state index is 5.73. The lowest BCUT2D eigenvalue weighted by molar-refractivity contribution is 0.0139. The minimum Gasteiger partial charge on any atom is -0.377 e. The summed E-state index contributed by atoms with van der Waals surface area (Å²) in [7, 11) is 1.90. The smallest absolute Gasteiger partial charge is 0.0967 e. The van der Waals surface area contributed by atoms with Crippen molar-refractivity contribution in [3.05, 3.63) is 11.9 Å². The molecule has 5 nitrogen and oxygen atoms in total. The Labute approximate surface area is 110 Å². The molecule has 1 aliphatic heterocycles. The van der Waals surface area contributed by atoms with Gasteiger partial charge >= 0.3 is 0 Å². The van der Waals surface area contributed by atoms with Gasteiger partial charge in [-0.15, -0.1) is 5.10 Å². The molecular formula is C11H19BrN4O. The number of piperidine rings is 1. The molecular weight excluding hydrogens is 284 g/mol. The fraction of sp³-hybridized carbons (Fsp3) is 0.818. The fourth-order valence-corrected chi connectivity index (χ4v) is 2.33. The SMILES string of the molecule is Cn1cc(CN2CCC(OCCBr)CC2)nn1. The summed E-state index contributed by atoms with van der Waals surface area (Å²) >= 11 is 3.38. The van der Waals surface area contributed by atoms with Crippen LogP contribution >= 0.6 is 15.9 Å². The Morgan fingerprint density at radius 3 is 2.82 bits per heavy atom. The van der Waals surface area contributed by atoms with Gasteiger partial charge in [-0.25, -0.2) is 0 Å². The number of alkyl halides is 1. The molecule has 0 atom stereocenters. The van der Waals surface area contributed by atoms with Gasteiger partial charge in [0.15, 0.2) is 0 Å². The first-order valence-corrected chi connectivity index (χ1v) is 7.15. The molecule has 0 radical (unpaired) electrons. The van der Waals surface area contributed by atoms with Crippen molar-refractivity contribution in [2.75, 3.05) is 25.0 Å². The summed E-state index contributed by atoms with van der Waals surface area (Å²) in [5, 5.41) is 8.98. The van der Waals surface area contributed by atoms with Gasteiger partial charge in [-0.3, -0.25) is 9.58 Å². The van der Waals surface area contributed by atoms with Crippen LogP contribution in [0.15, 0.2) is 6.20 Å². The number of aromatic nitrogens is 3. The quantitative estimate of drug-likeness (QED) is 0.767. The largest absolute Gasteiger partial charge is 0.377 e. The lowest BCUT2D eigenvalue weighted by Gasteiger charge is -2.31. The van der Waals surface area contributed by atoms with Gasteiger partial charge in [0.25, 0.3) is 0 Å². The Balaban J connectivity index is 1.72. The summed E-state index contributed by atoms with van der Waals surface area (Å²) in [5.41, 5.74) is 1.05. The Kier molecular flexibility index (Phi) is 4.94. The number of hydrogen-bond donors (Lipinski definition) is 0. The third kappa shape index (κ3) is 4.04. The predicted octanol–water partition coefficient (Wildman–Crippen LogP) is 1.19. The van der Waals surface area contributed by atoms with Crippen LogP contribution in [0.2, 0.25) is 0 Å². The van der Waals surface area contributed by atoms with Gasteiger partial charge in [0.2, 0.25) is 0 Å². The summed E-state index contributed by atoms with van der Waals surface area (Å²) < 4.78 is 7.48. The molecule has 1 aliphatic rings. The first kappa shape index (κ1) is 13.0. The van der Waals surface area contributed by atoms with Crippen LogP contribution in [0.4, 0.5) is 0 Å². The van der Waals surface area contributed by atoms with Crippen LogP contribution in [0.3, 0.4) is 0 Å². The van der Waals surface area contributed by atoms with E-state index in [-0.39, 0.29) is 0 Å². The number of halogens is 1. The van der Waals surface area contributed by atoms with Crippen molar-refractivity contribution in [2.24, 2.45) is 7.05 Å². The van der Waals surface area contributed by atoms with E-state index in [9.17, 15) is 0 Å². The van der Waals surface area contributed by atoms with E-state index in [2.05, 4.69) is 31.1 Å². The Hall–Kier alpha value is -0.460. The second-order valence-electron chi connectivity index (χ2n) is 4.42. The molecule has 2 rings (SSSR count). The molecule has 1 aromatic rings. The third-order valence-corrected chi connectivity index (χ3v) is 3.32. The Bertz CT molecular complexity index is 336. The van der Waals surface area contributed by atoms with Gasteiger partial charge in [-0.2, -0.15) is 0 Å². The van der Waals surface area contributed by atoms with Crippen LogP contribution < -0.4 is 0 Å². The van der Waals surface area contributed by atoms with Crippen molar-refractivity contribution in [2.45, 2.75) is 25.5 Å². The standard InChI is InChI=1S/C11H19BrN4O/c1-15-8-10(13-14-15)9-16-5-2-11(3-6-16)17-7-4-12/h8,11H,2-7,9H2,1H3. The molecule has 96 valence electrons. The zero-order valence-corrected chi connectivity index (χ0v) is 11.8. The number of ether oxygens (including phenoxy) is 1. The highest BCUT2D eigenvalue weighted by atomic mass is 79.9. The van der Waals surface area contributed by atoms with Crippen molar-refractivity contribution in [3.63, 3.8) is 0 Å². The van der Waals surface area contributed by atoms with E-state index in [4.69, 9.17) is 4.74 Å². The fourth-order valence-electron chi connectivity index (χ4n) is 2.14. The predicted molar refractivity (Wildman–Crippen MR) is 69.0 cm³/mol. The summed E-state index contributed by atoms with van der Waals surface area (Å²) in [6, 6.07) is 0. The molecule has 0 spiro atoms. The number of hydrogen-bond acceptors (Lipinski definition) is 4. The van der Waals surface area contributed by atoms with Crippen LogP contribution in [0.5, 0.6) is 0 Å². The number of aryl methyl sites for hydroxylation is 1. The molecule has 0 aromatic carbocycles. The van der Waals surface area contributed by atoms with Crippen molar-refractivity contribution in [1.82, 2.24) is 19.9 Å². The van der Waals surface area contributed by atoms with Crippen LogP contribution in [0.1, 0.15) is 18.5 Å². The van der Waals surface area contributed by atoms with Gasteiger partial charge in [-0.1, -0.05) is 21.1 Å². The normalized spacial score (nSPS) is 18.7. The molecule has 0 N–H and O–H groups in total. The van der Waals surface area contributed by atoms with E-state index in [0.717, 1.165) is 50.1 Å². The van der Waals surface area contributed by atoms with Crippen molar-refractivity contribution in [3.8, 4) is 0 Å². The topological polar surface area (TPSA) is 43.2 Å². The highest BCUT2D eigenvalue weighted by Gasteiger charge is 2.20. The minimum atomic E-state index is 0.436. The zero-order chi connectivity index (χ0) is 12.1. The van der Waals surface area contributed by atoms with Crippen LogP contribution in [0.25, 0.3) is 0 Å². The Morgan fingerprint density at radius 2 is 2.24 bits per heavy atom. The van der Waals surface area contributed by atoms with Gasteiger partial charge < -0.3 is 4.74 Å². The molecule has 2 heterocycles. The molecule has 1 saturated heterocycles. The van der Waals surface area contributed by atoms with Gasteiger partial charge in [0.1, 0.15) is 0 Å².